The van der Waals surface area contributed by atoms with Crippen LogP contribution in [0.2, 0.25) is 0 Å². The zero-order valence-corrected chi connectivity index (χ0v) is 14.8. The molecule has 2 rings (SSSR count). The van der Waals surface area contributed by atoms with E-state index in [0.29, 0.717) is 18.4 Å². The van der Waals surface area contributed by atoms with E-state index in [0.717, 1.165) is 25.7 Å². The van der Waals surface area contributed by atoms with Crippen LogP contribution >= 0.6 is 0 Å². The van der Waals surface area contributed by atoms with Crippen molar-refractivity contribution in [2.45, 2.75) is 58.0 Å². The maximum Gasteiger partial charge on any atom is 0.225 e. The molecule has 0 heterocycles. The van der Waals surface area contributed by atoms with Crippen molar-refractivity contribution >= 4 is 15.7 Å². The standard InChI is InChI=1S/C16H30N2O3S/c1-4-18(11(2)10-22(3,20)21)16(19)14-8-12-6-5-7-13(9-14)15(12)17/h11-15H,4-10,17H2,1-3H3. The van der Waals surface area contributed by atoms with Gasteiger partial charge in [0.2, 0.25) is 5.91 Å². The van der Waals surface area contributed by atoms with Crippen LogP contribution in [0.15, 0.2) is 0 Å². The Kier molecular flexibility index (Phi) is 5.54. The number of carbonyl (C=O) groups excluding carboxylic acids is 1. The van der Waals surface area contributed by atoms with Gasteiger partial charge in [-0.1, -0.05) is 6.42 Å². The van der Waals surface area contributed by atoms with Gasteiger partial charge < -0.3 is 10.6 Å². The summed E-state index contributed by atoms with van der Waals surface area (Å²) in [7, 11) is -3.08. The highest BCUT2D eigenvalue weighted by Gasteiger charge is 2.42. The summed E-state index contributed by atoms with van der Waals surface area (Å²) in [6.07, 6.45) is 6.47. The summed E-state index contributed by atoms with van der Waals surface area (Å²) in [6, 6.07) is -0.00994. The highest BCUT2D eigenvalue weighted by Crippen LogP contribution is 2.42. The zero-order valence-electron chi connectivity index (χ0n) is 14.0. The zero-order chi connectivity index (χ0) is 16.5. The van der Waals surface area contributed by atoms with Gasteiger partial charge in [0.15, 0.2) is 0 Å². The molecular formula is C16H30N2O3S. The third kappa shape index (κ3) is 4.02. The van der Waals surface area contributed by atoms with Crippen molar-refractivity contribution in [3.63, 3.8) is 0 Å². The first-order valence-electron chi connectivity index (χ1n) is 8.46. The second-order valence-electron chi connectivity index (χ2n) is 7.26. The van der Waals surface area contributed by atoms with Crippen LogP contribution in [-0.4, -0.2) is 49.9 Å². The molecule has 2 aliphatic rings. The van der Waals surface area contributed by atoms with E-state index in [2.05, 4.69) is 0 Å². The summed E-state index contributed by atoms with van der Waals surface area (Å²) in [6.45, 7) is 4.32. The van der Waals surface area contributed by atoms with Crippen LogP contribution in [0.25, 0.3) is 0 Å². The molecule has 0 aromatic carbocycles. The maximum absolute atomic E-state index is 12.9. The second-order valence-corrected chi connectivity index (χ2v) is 9.45. The van der Waals surface area contributed by atoms with Gasteiger partial charge in [0.1, 0.15) is 9.84 Å². The lowest BCUT2D eigenvalue weighted by Crippen LogP contribution is -2.51. The smallest absolute Gasteiger partial charge is 0.225 e. The molecule has 0 aromatic heterocycles. The van der Waals surface area contributed by atoms with Gasteiger partial charge in [0, 0.05) is 30.8 Å². The Morgan fingerprint density at radius 3 is 2.27 bits per heavy atom. The van der Waals surface area contributed by atoms with E-state index in [9.17, 15) is 13.2 Å². The Balaban J connectivity index is 2.05. The fourth-order valence-corrected chi connectivity index (χ4v) is 5.49. The number of hydrogen-bond acceptors (Lipinski definition) is 4. The summed E-state index contributed by atoms with van der Waals surface area (Å²) in [5.74, 6) is 1.11. The van der Waals surface area contributed by atoms with Crippen LogP contribution in [0.1, 0.15) is 46.0 Å². The third-order valence-corrected chi connectivity index (χ3v) is 6.55. The topological polar surface area (TPSA) is 80.5 Å². The largest absolute Gasteiger partial charge is 0.339 e. The summed E-state index contributed by atoms with van der Waals surface area (Å²) >= 11 is 0. The predicted octanol–water partition coefficient (Wildman–Crippen LogP) is 1.42. The van der Waals surface area contributed by atoms with E-state index in [1.54, 1.807) is 4.90 Å². The molecule has 2 aliphatic carbocycles. The quantitative estimate of drug-likeness (QED) is 0.827. The molecule has 5 nitrogen and oxygen atoms in total. The van der Waals surface area contributed by atoms with Crippen LogP contribution in [0, 0.1) is 17.8 Å². The molecule has 0 aliphatic heterocycles. The number of fused-ring (bicyclic) bond motifs is 2. The summed E-state index contributed by atoms with van der Waals surface area (Å²) in [5, 5.41) is 0. The molecular weight excluding hydrogens is 300 g/mol. The molecule has 0 aromatic rings. The molecule has 0 saturated heterocycles. The van der Waals surface area contributed by atoms with Gasteiger partial charge in [0.05, 0.1) is 5.75 Å². The Morgan fingerprint density at radius 1 is 1.27 bits per heavy atom. The van der Waals surface area contributed by atoms with Gasteiger partial charge in [-0.05, 0) is 51.4 Å². The first-order valence-corrected chi connectivity index (χ1v) is 10.5. The van der Waals surface area contributed by atoms with Crippen LogP contribution in [0.3, 0.4) is 0 Å². The Labute approximate surface area is 134 Å². The third-order valence-electron chi connectivity index (χ3n) is 5.46. The van der Waals surface area contributed by atoms with E-state index >= 15 is 0 Å². The van der Waals surface area contributed by atoms with Crippen molar-refractivity contribution in [3.8, 4) is 0 Å². The molecule has 3 unspecified atom stereocenters. The van der Waals surface area contributed by atoms with Crippen molar-refractivity contribution in [2.24, 2.45) is 23.5 Å². The lowest BCUT2D eigenvalue weighted by atomic mass is 9.65. The lowest BCUT2D eigenvalue weighted by Gasteiger charge is -2.45. The van der Waals surface area contributed by atoms with Gasteiger partial charge in [-0.3, -0.25) is 4.79 Å². The molecule has 1 amide bonds. The van der Waals surface area contributed by atoms with Crippen molar-refractivity contribution < 1.29 is 13.2 Å². The van der Waals surface area contributed by atoms with E-state index < -0.39 is 9.84 Å². The van der Waals surface area contributed by atoms with Gasteiger partial charge in [-0.2, -0.15) is 0 Å². The summed E-state index contributed by atoms with van der Waals surface area (Å²) < 4.78 is 23.0. The van der Waals surface area contributed by atoms with E-state index in [4.69, 9.17) is 5.73 Å². The van der Waals surface area contributed by atoms with E-state index in [-0.39, 0.29) is 29.7 Å². The minimum absolute atomic E-state index is 0.0251. The summed E-state index contributed by atoms with van der Waals surface area (Å²) in [4.78, 5) is 14.6. The maximum atomic E-state index is 12.9. The molecule has 0 spiro atoms. The SMILES string of the molecule is CCN(C(=O)C1CC2CCCC(C1)C2N)C(C)CS(C)(=O)=O. The molecule has 6 heteroatoms. The number of rotatable bonds is 5. The Hall–Kier alpha value is -0.620. The number of nitrogens with zero attached hydrogens (tertiary/aromatic N) is 1. The normalized spacial score (nSPS) is 33.3. The van der Waals surface area contributed by atoms with E-state index in [1.165, 1.54) is 12.7 Å². The highest BCUT2D eigenvalue weighted by molar-refractivity contribution is 7.90. The van der Waals surface area contributed by atoms with Crippen LogP contribution in [0.4, 0.5) is 0 Å². The number of carbonyl (C=O) groups is 1. The number of nitrogens with two attached hydrogens (primary N) is 1. The monoisotopic (exact) mass is 330 g/mol. The van der Waals surface area contributed by atoms with Crippen molar-refractivity contribution in [2.75, 3.05) is 18.6 Å². The first kappa shape index (κ1) is 17.7. The summed E-state index contributed by atoms with van der Waals surface area (Å²) in [5.41, 5.74) is 6.29. The van der Waals surface area contributed by atoms with Crippen molar-refractivity contribution in [1.82, 2.24) is 4.90 Å². The minimum Gasteiger partial charge on any atom is -0.339 e. The van der Waals surface area contributed by atoms with Crippen LogP contribution in [0.5, 0.6) is 0 Å². The molecule has 3 atom stereocenters. The second kappa shape index (κ2) is 6.87. The van der Waals surface area contributed by atoms with Crippen LogP contribution in [-0.2, 0) is 14.6 Å². The number of sulfone groups is 1. The molecule has 22 heavy (non-hydrogen) atoms. The fraction of sp³-hybridized carbons (Fsp3) is 0.938. The van der Waals surface area contributed by atoms with Crippen LogP contribution < -0.4 is 5.73 Å². The fourth-order valence-electron chi connectivity index (χ4n) is 4.44. The van der Waals surface area contributed by atoms with Crippen molar-refractivity contribution in [3.05, 3.63) is 0 Å². The Morgan fingerprint density at radius 2 is 1.82 bits per heavy atom. The molecule has 0 radical (unpaired) electrons. The molecule has 2 saturated carbocycles. The molecule has 128 valence electrons. The number of hydrogen-bond donors (Lipinski definition) is 1. The van der Waals surface area contributed by atoms with Crippen molar-refractivity contribution in [1.29, 1.82) is 0 Å². The average molecular weight is 330 g/mol. The molecule has 2 bridgehead atoms. The molecule has 2 fully saturated rings. The average Bonchev–Trinajstić information content (AvgIpc) is 2.36. The predicted molar refractivity (Wildman–Crippen MR) is 88.1 cm³/mol. The van der Waals surface area contributed by atoms with E-state index in [1.807, 2.05) is 13.8 Å². The van der Waals surface area contributed by atoms with Gasteiger partial charge >= 0.3 is 0 Å². The highest BCUT2D eigenvalue weighted by atomic mass is 32.2. The Bertz CT molecular complexity index is 492. The minimum atomic E-state index is -3.08. The first-order chi connectivity index (χ1) is 10.2. The molecule has 2 N–H and O–H groups in total. The number of amides is 1. The van der Waals surface area contributed by atoms with Gasteiger partial charge in [-0.25, -0.2) is 8.42 Å². The lowest BCUT2D eigenvalue weighted by molar-refractivity contribution is -0.140. The van der Waals surface area contributed by atoms with Gasteiger partial charge in [-0.15, -0.1) is 0 Å². The van der Waals surface area contributed by atoms with Gasteiger partial charge in [0.25, 0.3) is 0 Å².